The number of benzene rings is 2. The van der Waals surface area contributed by atoms with Crippen LogP contribution in [0.5, 0.6) is 0 Å². The van der Waals surface area contributed by atoms with E-state index in [2.05, 4.69) is 41.5 Å². The van der Waals surface area contributed by atoms with Crippen molar-refractivity contribution in [1.29, 1.82) is 0 Å². The largest absolute Gasteiger partial charge is 0.345 e. The first-order chi connectivity index (χ1) is 14.3. The SMILES string of the molecule is Cc1ccc(Cc2csc(N3CCN(S(=O)(=O)c4cccc(Cl)c4Cl)CC3)n2)cc1. The van der Waals surface area contributed by atoms with Crippen LogP contribution in [0.15, 0.2) is 52.7 Å². The maximum Gasteiger partial charge on any atom is 0.244 e. The molecular weight excluding hydrogens is 461 g/mol. The lowest BCUT2D eigenvalue weighted by molar-refractivity contribution is 0.384. The highest BCUT2D eigenvalue weighted by molar-refractivity contribution is 7.89. The van der Waals surface area contributed by atoms with Crippen LogP contribution in [0.4, 0.5) is 5.13 Å². The molecule has 1 fully saturated rings. The molecule has 5 nitrogen and oxygen atoms in total. The number of anilines is 1. The van der Waals surface area contributed by atoms with Crippen LogP contribution in [0.3, 0.4) is 0 Å². The Morgan fingerprint density at radius 1 is 1.03 bits per heavy atom. The molecule has 2 aromatic carbocycles. The van der Waals surface area contributed by atoms with E-state index in [0.717, 1.165) is 17.2 Å². The second-order valence-corrected chi connectivity index (χ2v) is 10.8. The highest BCUT2D eigenvalue weighted by Crippen LogP contribution is 2.32. The molecule has 0 atom stereocenters. The van der Waals surface area contributed by atoms with E-state index >= 15 is 0 Å². The molecule has 0 aliphatic carbocycles. The van der Waals surface area contributed by atoms with E-state index in [4.69, 9.17) is 28.2 Å². The molecule has 158 valence electrons. The van der Waals surface area contributed by atoms with Gasteiger partial charge in [-0.1, -0.05) is 59.1 Å². The number of aromatic nitrogens is 1. The van der Waals surface area contributed by atoms with Gasteiger partial charge >= 0.3 is 0 Å². The third kappa shape index (κ3) is 4.50. The van der Waals surface area contributed by atoms with Crippen LogP contribution in [0.25, 0.3) is 0 Å². The van der Waals surface area contributed by atoms with Gasteiger partial charge in [0.2, 0.25) is 10.0 Å². The summed E-state index contributed by atoms with van der Waals surface area (Å²) in [4.78, 5) is 6.95. The third-order valence-corrected chi connectivity index (χ3v) is 8.91. The standard InChI is InChI=1S/C21H21Cl2N3O2S2/c1-15-5-7-16(8-6-15)13-17-14-29-21(24-17)25-9-11-26(12-10-25)30(27,28)19-4-2-3-18(22)20(19)23/h2-8,14H,9-13H2,1H3. The fraction of sp³-hybridized carbons (Fsp3) is 0.286. The van der Waals surface area contributed by atoms with E-state index in [0.29, 0.717) is 26.2 Å². The van der Waals surface area contributed by atoms with Crippen molar-refractivity contribution in [3.63, 3.8) is 0 Å². The molecule has 0 radical (unpaired) electrons. The van der Waals surface area contributed by atoms with Crippen LogP contribution in [0, 0.1) is 6.92 Å². The summed E-state index contributed by atoms with van der Waals surface area (Å²) in [6.45, 7) is 3.98. The van der Waals surface area contributed by atoms with Crippen LogP contribution in [0.2, 0.25) is 10.0 Å². The van der Waals surface area contributed by atoms with E-state index in [9.17, 15) is 8.42 Å². The van der Waals surface area contributed by atoms with E-state index in [-0.39, 0.29) is 14.9 Å². The molecular formula is C21H21Cl2N3O2S2. The predicted octanol–water partition coefficient (Wildman–Crippen LogP) is 4.86. The molecule has 0 amide bonds. The summed E-state index contributed by atoms with van der Waals surface area (Å²) >= 11 is 13.7. The second-order valence-electron chi connectivity index (χ2n) is 7.23. The molecule has 30 heavy (non-hydrogen) atoms. The molecule has 1 saturated heterocycles. The average Bonchev–Trinajstić information content (AvgIpc) is 3.20. The molecule has 3 aromatic rings. The lowest BCUT2D eigenvalue weighted by Crippen LogP contribution is -2.48. The van der Waals surface area contributed by atoms with Gasteiger partial charge in [0.25, 0.3) is 0 Å². The minimum Gasteiger partial charge on any atom is -0.345 e. The minimum absolute atomic E-state index is 0.0553. The van der Waals surface area contributed by atoms with Crippen molar-refractivity contribution in [2.24, 2.45) is 0 Å². The molecule has 1 aromatic heterocycles. The summed E-state index contributed by atoms with van der Waals surface area (Å²) in [6, 6.07) is 13.1. The van der Waals surface area contributed by atoms with Gasteiger partial charge in [0.1, 0.15) is 4.90 Å². The van der Waals surface area contributed by atoms with Crippen molar-refractivity contribution in [2.75, 3.05) is 31.1 Å². The molecule has 2 heterocycles. The fourth-order valence-electron chi connectivity index (χ4n) is 3.38. The molecule has 1 aliphatic heterocycles. The molecule has 0 N–H and O–H groups in total. The predicted molar refractivity (Wildman–Crippen MR) is 124 cm³/mol. The van der Waals surface area contributed by atoms with Gasteiger partial charge < -0.3 is 4.90 Å². The number of halogens is 2. The first kappa shape index (κ1) is 21.6. The topological polar surface area (TPSA) is 53.5 Å². The molecule has 0 spiro atoms. The third-order valence-electron chi connectivity index (χ3n) is 5.09. The molecule has 0 saturated carbocycles. The number of rotatable bonds is 5. The Hall–Kier alpha value is -1.64. The molecule has 4 rings (SSSR count). The summed E-state index contributed by atoms with van der Waals surface area (Å²) in [5.41, 5.74) is 3.50. The number of sulfonamides is 1. The van der Waals surface area contributed by atoms with E-state index in [1.165, 1.54) is 21.5 Å². The van der Waals surface area contributed by atoms with Crippen molar-refractivity contribution < 1.29 is 8.42 Å². The van der Waals surface area contributed by atoms with Crippen LogP contribution >= 0.6 is 34.5 Å². The number of thiazole rings is 1. The lowest BCUT2D eigenvalue weighted by Gasteiger charge is -2.34. The number of hydrogen-bond donors (Lipinski definition) is 0. The summed E-state index contributed by atoms with van der Waals surface area (Å²) in [5, 5.41) is 3.31. The highest BCUT2D eigenvalue weighted by atomic mass is 35.5. The Bertz CT molecular complexity index is 1140. The first-order valence-electron chi connectivity index (χ1n) is 9.53. The Labute approximate surface area is 190 Å². The quantitative estimate of drug-likeness (QED) is 0.521. The number of piperazine rings is 1. The van der Waals surface area contributed by atoms with Crippen LogP contribution in [-0.2, 0) is 16.4 Å². The van der Waals surface area contributed by atoms with Gasteiger partial charge in [0.15, 0.2) is 5.13 Å². The second kappa shape index (κ2) is 8.85. The number of aryl methyl sites for hydroxylation is 1. The Morgan fingerprint density at radius 3 is 2.43 bits per heavy atom. The van der Waals surface area contributed by atoms with Crippen molar-refractivity contribution in [3.05, 3.63) is 74.7 Å². The zero-order valence-electron chi connectivity index (χ0n) is 16.4. The van der Waals surface area contributed by atoms with Gasteiger partial charge in [-0.05, 0) is 24.6 Å². The van der Waals surface area contributed by atoms with Gasteiger partial charge in [-0.25, -0.2) is 13.4 Å². The van der Waals surface area contributed by atoms with Gasteiger partial charge in [-0.2, -0.15) is 4.31 Å². The van der Waals surface area contributed by atoms with Crippen LogP contribution in [-0.4, -0.2) is 43.9 Å². The van der Waals surface area contributed by atoms with Gasteiger partial charge in [-0.3, -0.25) is 0 Å². The van der Waals surface area contributed by atoms with Crippen LogP contribution < -0.4 is 4.90 Å². The molecule has 0 unspecified atom stereocenters. The Morgan fingerprint density at radius 2 is 1.73 bits per heavy atom. The van der Waals surface area contributed by atoms with Crippen LogP contribution in [0.1, 0.15) is 16.8 Å². The van der Waals surface area contributed by atoms with Crippen molar-refractivity contribution in [3.8, 4) is 0 Å². The van der Waals surface area contributed by atoms with E-state index < -0.39 is 10.0 Å². The Balaban J connectivity index is 1.42. The number of nitrogens with zero attached hydrogens (tertiary/aromatic N) is 3. The molecule has 9 heteroatoms. The Kier molecular flexibility index (Phi) is 6.36. The molecule has 1 aliphatic rings. The summed E-state index contributed by atoms with van der Waals surface area (Å²) in [6.07, 6.45) is 0.790. The summed E-state index contributed by atoms with van der Waals surface area (Å²) < 4.78 is 27.4. The first-order valence-corrected chi connectivity index (χ1v) is 12.6. The zero-order chi connectivity index (χ0) is 21.3. The summed E-state index contributed by atoms with van der Waals surface area (Å²) in [5.74, 6) is 0. The van der Waals surface area contributed by atoms with Gasteiger partial charge in [-0.15, -0.1) is 11.3 Å². The smallest absolute Gasteiger partial charge is 0.244 e. The maximum absolute atomic E-state index is 13.0. The van der Waals surface area contributed by atoms with Gasteiger partial charge in [0.05, 0.1) is 15.7 Å². The number of hydrogen-bond acceptors (Lipinski definition) is 5. The zero-order valence-corrected chi connectivity index (χ0v) is 19.5. The highest BCUT2D eigenvalue weighted by Gasteiger charge is 2.31. The van der Waals surface area contributed by atoms with Crippen molar-refractivity contribution in [1.82, 2.24) is 9.29 Å². The minimum atomic E-state index is -3.69. The lowest BCUT2D eigenvalue weighted by atomic mass is 10.1. The van der Waals surface area contributed by atoms with Crippen molar-refractivity contribution in [2.45, 2.75) is 18.2 Å². The molecule has 0 bridgehead atoms. The normalized spacial score (nSPS) is 15.5. The van der Waals surface area contributed by atoms with E-state index in [1.807, 2.05) is 0 Å². The monoisotopic (exact) mass is 481 g/mol. The maximum atomic E-state index is 13.0. The van der Waals surface area contributed by atoms with E-state index in [1.54, 1.807) is 23.5 Å². The van der Waals surface area contributed by atoms with Gasteiger partial charge in [0, 0.05) is 38.0 Å². The summed E-state index contributed by atoms with van der Waals surface area (Å²) in [7, 11) is -3.69. The fourth-order valence-corrected chi connectivity index (χ4v) is 6.42. The van der Waals surface area contributed by atoms with Crippen molar-refractivity contribution >= 4 is 49.7 Å². The average molecular weight is 482 g/mol.